The Bertz CT molecular complexity index is 710. The van der Waals surface area contributed by atoms with Crippen molar-refractivity contribution in [3.8, 4) is 5.75 Å². The fourth-order valence-electron chi connectivity index (χ4n) is 2.03. The van der Waals surface area contributed by atoms with Gasteiger partial charge in [-0.1, -0.05) is 6.07 Å². The third-order valence-electron chi connectivity index (χ3n) is 2.94. The summed E-state index contributed by atoms with van der Waals surface area (Å²) >= 11 is 0. The zero-order chi connectivity index (χ0) is 14.9. The number of aryl methyl sites for hydroxylation is 1. The van der Waals surface area contributed by atoms with Crippen LogP contribution in [0.2, 0.25) is 0 Å². The molecule has 0 spiro atoms. The molecule has 0 unspecified atom stereocenters. The molecule has 0 aliphatic heterocycles. The first-order valence-corrected chi connectivity index (χ1v) is 6.10. The van der Waals surface area contributed by atoms with Crippen molar-refractivity contribution in [2.45, 2.75) is 13.8 Å². The Balaban J connectivity index is 2.67. The van der Waals surface area contributed by atoms with E-state index < -0.39 is 11.7 Å². The minimum atomic E-state index is -1.23. The topological polar surface area (TPSA) is 99.5 Å². The van der Waals surface area contributed by atoms with E-state index in [0.29, 0.717) is 17.5 Å². The van der Waals surface area contributed by atoms with Crippen LogP contribution in [0.3, 0.4) is 0 Å². The number of amides is 1. The maximum atomic E-state index is 11.7. The number of aromatic hydroxyl groups is 1. The molecule has 0 saturated carbocycles. The number of carboxylic acid groups (broad SMARTS) is 1. The zero-order valence-corrected chi connectivity index (χ0v) is 11.1. The van der Waals surface area contributed by atoms with Gasteiger partial charge in [0, 0.05) is 11.9 Å². The normalized spacial score (nSPS) is 10.5. The molecule has 1 heterocycles. The van der Waals surface area contributed by atoms with Gasteiger partial charge in [0.2, 0.25) is 0 Å². The van der Waals surface area contributed by atoms with Crippen LogP contribution < -0.4 is 5.32 Å². The molecule has 2 rings (SSSR count). The molecule has 0 saturated heterocycles. The van der Waals surface area contributed by atoms with Crippen molar-refractivity contribution in [2.75, 3.05) is 6.54 Å². The second-order valence-electron chi connectivity index (χ2n) is 4.35. The molecule has 104 valence electrons. The van der Waals surface area contributed by atoms with Crippen LogP contribution in [0.4, 0.5) is 0 Å². The van der Waals surface area contributed by atoms with Gasteiger partial charge in [0.1, 0.15) is 16.8 Å². The Morgan fingerprint density at radius 1 is 1.35 bits per heavy atom. The molecule has 20 heavy (non-hydrogen) atoms. The van der Waals surface area contributed by atoms with E-state index in [2.05, 4.69) is 10.3 Å². The molecule has 2 aromatic rings. The molecule has 6 heteroatoms. The van der Waals surface area contributed by atoms with Gasteiger partial charge in [0.15, 0.2) is 5.75 Å². The largest absolute Gasteiger partial charge is 0.505 e. The van der Waals surface area contributed by atoms with Gasteiger partial charge in [-0.25, -0.2) is 9.78 Å². The first-order valence-electron chi connectivity index (χ1n) is 6.10. The number of hydrogen-bond donors (Lipinski definition) is 3. The number of nitrogens with one attached hydrogen (secondary N) is 1. The van der Waals surface area contributed by atoms with Gasteiger partial charge in [-0.15, -0.1) is 0 Å². The van der Waals surface area contributed by atoms with Crippen molar-refractivity contribution < 1.29 is 19.8 Å². The summed E-state index contributed by atoms with van der Waals surface area (Å²) in [6.07, 6.45) is 0. The van der Waals surface area contributed by atoms with E-state index in [4.69, 9.17) is 5.11 Å². The van der Waals surface area contributed by atoms with E-state index in [-0.39, 0.29) is 22.7 Å². The highest BCUT2D eigenvalue weighted by atomic mass is 16.4. The molecule has 0 fully saturated rings. The number of carbonyl (C=O) groups is 2. The number of carbonyl (C=O) groups excluding carboxylic acids is 1. The minimum Gasteiger partial charge on any atom is -0.505 e. The molecule has 6 nitrogen and oxygen atoms in total. The summed E-state index contributed by atoms with van der Waals surface area (Å²) in [6.45, 7) is 3.83. The fraction of sp³-hybridized carbons (Fsp3) is 0.214. The number of nitrogens with zero attached hydrogens (tertiary/aromatic N) is 1. The summed E-state index contributed by atoms with van der Waals surface area (Å²) < 4.78 is 0. The van der Waals surface area contributed by atoms with E-state index in [1.807, 2.05) is 0 Å². The second kappa shape index (κ2) is 5.16. The van der Waals surface area contributed by atoms with Crippen LogP contribution in [0.15, 0.2) is 18.2 Å². The van der Waals surface area contributed by atoms with Crippen LogP contribution in [0.1, 0.15) is 33.3 Å². The molecular weight excluding hydrogens is 260 g/mol. The highest BCUT2D eigenvalue weighted by Crippen LogP contribution is 2.30. The van der Waals surface area contributed by atoms with Gasteiger partial charge < -0.3 is 15.5 Å². The summed E-state index contributed by atoms with van der Waals surface area (Å²) in [7, 11) is 0. The molecular formula is C14H14N2O4. The highest BCUT2D eigenvalue weighted by Gasteiger charge is 2.18. The SMILES string of the molecule is CCNC(=O)c1ccc2cc(C)c(C(=O)O)c(O)c2n1. The van der Waals surface area contributed by atoms with Gasteiger partial charge >= 0.3 is 5.97 Å². The van der Waals surface area contributed by atoms with Gasteiger partial charge in [-0.3, -0.25) is 4.79 Å². The van der Waals surface area contributed by atoms with Crippen molar-refractivity contribution in [3.63, 3.8) is 0 Å². The van der Waals surface area contributed by atoms with Gasteiger partial charge in [-0.2, -0.15) is 0 Å². The number of pyridine rings is 1. The second-order valence-corrected chi connectivity index (χ2v) is 4.35. The standard InChI is InChI=1S/C14H14N2O4/c1-3-15-13(18)9-5-4-8-6-7(2)10(14(19)20)12(17)11(8)16-9/h4-6,17H,3H2,1-2H3,(H,15,18)(H,19,20). The van der Waals surface area contributed by atoms with E-state index in [1.54, 1.807) is 26.0 Å². The summed E-state index contributed by atoms with van der Waals surface area (Å²) in [6, 6.07) is 4.78. The maximum absolute atomic E-state index is 11.7. The Labute approximate surface area is 115 Å². The monoisotopic (exact) mass is 274 g/mol. The van der Waals surface area contributed by atoms with Crippen molar-refractivity contribution in [3.05, 3.63) is 35.0 Å². The summed E-state index contributed by atoms with van der Waals surface area (Å²) in [4.78, 5) is 26.9. The van der Waals surface area contributed by atoms with Gasteiger partial charge in [0.05, 0.1) is 0 Å². The fourth-order valence-corrected chi connectivity index (χ4v) is 2.03. The Kier molecular flexibility index (Phi) is 3.56. The average molecular weight is 274 g/mol. The lowest BCUT2D eigenvalue weighted by atomic mass is 10.0. The molecule has 0 radical (unpaired) electrons. The van der Waals surface area contributed by atoms with Crippen LogP contribution in [-0.2, 0) is 0 Å². The van der Waals surface area contributed by atoms with Crippen LogP contribution in [0.25, 0.3) is 10.9 Å². The number of aromatic carboxylic acids is 1. The summed E-state index contributed by atoms with van der Waals surface area (Å²) in [5.41, 5.74) is 0.486. The predicted octanol–water partition coefficient (Wildman–Crippen LogP) is 1.70. The number of benzene rings is 1. The summed E-state index contributed by atoms with van der Waals surface area (Å²) in [5.74, 6) is -2.02. The lowest BCUT2D eigenvalue weighted by molar-refractivity contribution is 0.0693. The molecule has 1 aromatic carbocycles. The number of fused-ring (bicyclic) bond motifs is 1. The van der Waals surface area contributed by atoms with Crippen LogP contribution >= 0.6 is 0 Å². The maximum Gasteiger partial charge on any atom is 0.339 e. The van der Waals surface area contributed by atoms with Crippen molar-refractivity contribution in [1.82, 2.24) is 10.3 Å². The number of hydrogen-bond acceptors (Lipinski definition) is 4. The highest BCUT2D eigenvalue weighted by molar-refractivity contribution is 6.02. The summed E-state index contributed by atoms with van der Waals surface area (Å²) in [5, 5.41) is 22.3. The molecule has 0 aliphatic carbocycles. The van der Waals surface area contributed by atoms with Gasteiger partial charge in [0.25, 0.3) is 5.91 Å². The number of aromatic nitrogens is 1. The average Bonchev–Trinajstić information content (AvgIpc) is 2.38. The lowest BCUT2D eigenvalue weighted by Gasteiger charge is -2.09. The third kappa shape index (κ3) is 2.27. The lowest BCUT2D eigenvalue weighted by Crippen LogP contribution is -2.23. The molecule has 0 bridgehead atoms. The molecule has 1 aromatic heterocycles. The smallest absolute Gasteiger partial charge is 0.339 e. The number of rotatable bonds is 3. The zero-order valence-electron chi connectivity index (χ0n) is 11.1. The number of carboxylic acids is 1. The molecule has 1 amide bonds. The molecule has 0 atom stereocenters. The van der Waals surface area contributed by atoms with Gasteiger partial charge in [-0.05, 0) is 31.5 Å². The van der Waals surface area contributed by atoms with Crippen molar-refractivity contribution in [1.29, 1.82) is 0 Å². The first kappa shape index (κ1) is 13.8. The quantitative estimate of drug-likeness (QED) is 0.791. The van der Waals surface area contributed by atoms with E-state index in [0.717, 1.165) is 0 Å². The Morgan fingerprint density at radius 2 is 2.05 bits per heavy atom. The minimum absolute atomic E-state index is 0.108. The third-order valence-corrected chi connectivity index (χ3v) is 2.94. The van der Waals surface area contributed by atoms with Crippen LogP contribution in [-0.4, -0.2) is 33.6 Å². The number of phenols is 1. The first-order chi connectivity index (χ1) is 9.45. The van der Waals surface area contributed by atoms with E-state index in [1.165, 1.54) is 6.07 Å². The van der Waals surface area contributed by atoms with Crippen molar-refractivity contribution in [2.24, 2.45) is 0 Å². The van der Waals surface area contributed by atoms with E-state index >= 15 is 0 Å². The molecule has 3 N–H and O–H groups in total. The molecule has 0 aliphatic rings. The van der Waals surface area contributed by atoms with Crippen molar-refractivity contribution >= 4 is 22.8 Å². The van der Waals surface area contributed by atoms with E-state index in [9.17, 15) is 14.7 Å². The van der Waals surface area contributed by atoms with Crippen LogP contribution in [0, 0.1) is 6.92 Å². The Morgan fingerprint density at radius 3 is 2.65 bits per heavy atom. The van der Waals surface area contributed by atoms with Crippen LogP contribution in [0.5, 0.6) is 5.75 Å². The Hall–Kier alpha value is -2.63. The predicted molar refractivity (Wildman–Crippen MR) is 73.1 cm³/mol.